The second kappa shape index (κ2) is 6.47. The highest BCUT2D eigenvalue weighted by Crippen LogP contribution is 2.23. The van der Waals surface area contributed by atoms with E-state index >= 15 is 0 Å². The molecule has 0 aliphatic rings. The van der Waals surface area contributed by atoms with Crippen molar-refractivity contribution in [3.05, 3.63) is 48.2 Å². The minimum atomic E-state index is -0.113. The van der Waals surface area contributed by atoms with Crippen LogP contribution in [0.15, 0.2) is 42.5 Å². The van der Waals surface area contributed by atoms with E-state index in [0.29, 0.717) is 12.2 Å². The smallest absolute Gasteiger partial charge is 0.274 e. The maximum atomic E-state index is 12.4. The van der Waals surface area contributed by atoms with E-state index in [2.05, 4.69) is 11.7 Å². The summed E-state index contributed by atoms with van der Waals surface area (Å²) < 4.78 is 6.87. The van der Waals surface area contributed by atoms with Gasteiger partial charge in [0.15, 0.2) is 5.69 Å². The number of nitrogens with zero attached hydrogens (tertiary/aromatic N) is 3. The van der Waals surface area contributed by atoms with Gasteiger partial charge in [-0.2, -0.15) is 5.10 Å². The molecule has 0 aliphatic heterocycles. The van der Waals surface area contributed by atoms with Crippen molar-refractivity contribution in [3.63, 3.8) is 0 Å². The molecule has 1 heterocycles. The Balaban J connectivity index is 2.27. The number of likely N-dealkylation sites (N-methyl/N-ethyl adjacent to an activating group) is 1. The summed E-state index contributed by atoms with van der Waals surface area (Å²) in [5.41, 5.74) is 3.23. The van der Waals surface area contributed by atoms with E-state index in [4.69, 9.17) is 4.74 Å². The lowest BCUT2D eigenvalue weighted by molar-refractivity contribution is 0.0800. The van der Waals surface area contributed by atoms with E-state index in [-0.39, 0.29) is 5.91 Å². The number of methoxy groups -OCH3 is 1. The van der Waals surface area contributed by atoms with Crippen molar-refractivity contribution in [2.75, 3.05) is 20.7 Å². The van der Waals surface area contributed by atoms with Gasteiger partial charge in [-0.1, -0.05) is 12.2 Å². The Kier molecular flexibility index (Phi) is 4.65. The standard InChI is InChI=1S/C17H21N3O2/c1-12(2)11-19(3)17(21)15-10-16(20(4)18-15)13-6-8-14(22-5)9-7-13/h6-10H,1,11H2,2-5H3. The Hall–Kier alpha value is -2.56. The lowest BCUT2D eigenvalue weighted by Crippen LogP contribution is -2.28. The highest BCUT2D eigenvalue weighted by Gasteiger charge is 2.17. The monoisotopic (exact) mass is 299 g/mol. The molecule has 116 valence electrons. The zero-order valence-corrected chi connectivity index (χ0v) is 13.5. The Morgan fingerprint density at radius 1 is 1.36 bits per heavy atom. The number of ether oxygens (including phenoxy) is 1. The molecule has 5 nitrogen and oxygen atoms in total. The van der Waals surface area contributed by atoms with Crippen LogP contribution in [0.5, 0.6) is 5.75 Å². The summed E-state index contributed by atoms with van der Waals surface area (Å²) in [7, 11) is 5.21. The van der Waals surface area contributed by atoms with E-state index in [9.17, 15) is 4.79 Å². The molecule has 0 unspecified atom stereocenters. The molecule has 0 bridgehead atoms. The van der Waals surface area contributed by atoms with Crippen LogP contribution in [-0.2, 0) is 7.05 Å². The zero-order valence-electron chi connectivity index (χ0n) is 13.5. The third kappa shape index (κ3) is 3.36. The number of hydrogen-bond acceptors (Lipinski definition) is 3. The average Bonchev–Trinajstić information content (AvgIpc) is 2.87. The maximum Gasteiger partial charge on any atom is 0.274 e. The van der Waals surface area contributed by atoms with Gasteiger partial charge in [0.25, 0.3) is 5.91 Å². The second-order valence-corrected chi connectivity index (χ2v) is 5.39. The van der Waals surface area contributed by atoms with Gasteiger partial charge in [-0.05, 0) is 37.3 Å². The van der Waals surface area contributed by atoms with Crippen molar-refractivity contribution in [1.82, 2.24) is 14.7 Å². The van der Waals surface area contributed by atoms with Gasteiger partial charge < -0.3 is 9.64 Å². The fourth-order valence-electron chi connectivity index (χ4n) is 2.28. The Morgan fingerprint density at radius 3 is 2.55 bits per heavy atom. The number of benzene rings is 1. The van der Waals surface area contributed by atoms with E-state index in [0.717, 1.165) is 22.6 Å². The molecule has 5 heteroatoms. The summed E-state index contributed by atoms with van der Waals surface area (Å²) in [5.74, 6) is 0.682. The molecule has 0 saturated carbocycles. The lowest BCUT2D eigenvalue weighted by atomic mass is 10.1. The summed E-state index contributed by atoms with van der Waals surface area (Å²) in [6.07, 6.45) is 0. The van der Waals surface area contributed by atoms with Crippen LogP contribution in [0.3, 0.4) is 0 Å². The second-order valence-electron chi connectivity index (χ2n) is 5.39. The van der Waals surface area contributed by atoms with Crippen LogP contribution in [0.25, 0.3) is 11.3 Å². The van der Waals surface area contributed by atoms with Crippen LogP contribution in [0.2, 0.25) is 0 Å². The first kappa shape index (κ1) is 15.8. The maximum absolute atomic E-state index is 12.4. The first-order valence-corrected chi connectivity index (χ1v) is 7.00. The van der Waals surface area contributed by atoms with Crippen LogP contribution >= 0.6 is 0 Å². The van der Waals surface area contributed by atoms with Crippen molar-refractivity contribution < 1.29 is 9.53 Å². The van der Waals surface area contributed by atoms with Crippen molar-refractivity contribution in [2.45, 2.75) is 6.92 Å². The highest BCUT2D eigenvalue weighted by molar-refractivity contribution is 5.93. The Bertz CT molecular complexity index is 686. The minimum Gasteiger partial charge on any atom is -0.497 e. The summed E-state index contributed by atoms with van der Waals surface area (Å²) in [6, 6.07) is 9.47. The van der Waals surface area contributed by atoms with Gasteiger partial charge in [0.1, 0.15) is 5.75 Å². The molecule has 0 fully saturated rings. The summed E-state index contributed by atoms with van der Waals surface area (Å²) in [4.78, 5) is 14.0. The van der Waals surface area contributed by atoms with E-state index < -0.39 is 0 Å². The molecule has 1 aromatic heterocycles. The van der Waals surface area contributed by atoms with Crippen LogP contribution in [-0.4, -0.2) is 41.3 Å². The number of rotatable bonds is 5. The predicted molar refractivity (Wildman–Crippen MR) is 87.0 cm³/mol. The first-order valence-electron chi connectivity index (χ1n) is 7.00. The lowest BCUT2D eigenvalue weighted by Gasteiger charge is -2.15. The van der Waals surface area contributed by atoms with Crippen molar-refractivity contribution in [3.8, 4) is 17.0 Å². The number of hydrogen-bond donors (Lipinski definition) is 0. The predicted octanol–water partition coefficient (Wildman–Crippen LogP) is 2.74. The Labute approximate surface area is 130 Å². The molecule has 0 atom stereocenters. The van der Waals surface area contributed by atoms with E-state index in [1.165, 1.54) is 0 Å². The number of amides is 1. The molecular formula is C17H21N3O2. The molecule has 2 rings (SSSR count). The van der Waals surface area contributed by atoms with Gasteiger partial charge in [0.2, 0.25) is 0 Å². The SMILES string of the molecule is C=C(C)CN(C)C(=O)c1cc(-c2ccc(OC)cc2)n(C)n1. The largest absolute Gasteiger partial charge is 0.497 e. The highest BCUT2D eigenvalue weighted by atomic mass is 16.5. The van der Waals surface area contributed by atoms with Gasteiger partial charge in [-0.25, -0.2) is 0 Å². The van der Waals surface area contributed by atoms with Gasteiger partial charge >= 0.3 is 0 Å². The average molecular weight is 299 g/mol. The van der Waals surface area contributed by atoms with Crippen LogP contribution in [0.1, 0.15) is 17.4 Å². The number of aromatic nitrogens is 2. The summed E-state index contributed by atoms with van der Waals surface area (Å²) in [5, 5.41) is 4.32. The Morgan fingerprint density at radius 2 is 2.00 bits per heavy atom. The molecule has 0 saturated heterocycles. The minimum absolute atomic E-state index is 0.113. The number of aryl methyl sites for hydroxylation is 1. The third-order valence-corrected chi connectivity index (χ3v) is 3.34. The first-order chi connectivity index (χ1) is 10.4. The molecule has 0 aliphatic carbocycles. The number of carbonyl (C=O) groups excluding carboxylic acids is 1. The molecule has 1 aromatic carbocycles. The molecule has 22 heavy (non-hydrogen) atoms. The van der Waals surface area contributed by atoms with Gasteiger partial charge in [-0.15, -0.1) is 0 Å². The summed E-state index contributed by atoms with van der Waals surface area (Å²) >= 11 is 0. The van der Waals surface area contributed by atoms with Crippen LogP contribution in [0.4, 0.5) is 0 Å². The molecule has 2 aromatic rings. The fourth-order valence-corrected chi connectivity index (χ4v) is 2.28. The molecule has 0 radical (unpaired) electrons. The van der Waals surface area contributed by atoms with E-state index in [1.807, 2.05) is 38.2 Å². The quantitative estimate of drug-likeness (QED) is 0.798. The fraction of sp³-hybridized carbons (Fsp3) is 0.294. The van der Waals surface area contributed by atoms with Gasteiger partial charge in [-0.3, -0.25) is 9.48 Å². The van der Waals surface area contributed by atoms with E-state index in [1.54, 1.807) is 29.8 Å². The normalized spacial score (nSPS) is 10.4. The molecule has 0 spiro atoms. The third-order valence-electron chi connectivity index (χ3n) is 3.34. The summed E-state index contributed by atoms with van der Waals surface area (Å²) in [6.45, 7) is 6.24. The number of carbonyl (C=O) groups is 1. The van der Waals surface area contributed by atoms with Crippen molar-refractivity contribution in [1.29, 1.82) is 0 Å². The van der Waals surface area contributed by atoms with Gasteiger partial charge in [0, 0.05) is 26.2 Å². The topological polar surface area (TPSA) is 47.4 Å². The van der Waals surface area contributed by atoms with Crippen molar-refractivity contribution in [2.24, 2.45) is 7.05 Å². The van der Waals surface area contributed by atoms with Crippen LogP contribution in [0, 0.1) is 0 Å². The van der Waals surface area contributed by atoms with Gasteiger partial charge in [0.05, 0.1) is 12.8 Å². The van der Waals surface area contributed by atoms with Crippen LogP contribution < -0.4 is 4.74 Å². The molecule has 1 amide bonds. The van der Waals surface area contributed by atoms with Crippen molar-refractivity contribution >= 4 is 5.91 Å². The zero-order chi connectivity index (χ0) is 16.3. The molecule has 0 N–H and O–H groups in total. The molecular weight excluding hydrogens is 278 g/mol.